The second-order valence-corrected chi connectivity index (χ2v) is 11.0. The van der Waals surface area contributed by atoms with Crippen LogP contribution < -0.4 is 16.4 Å². The lowest BCUT2D eigenvalue weighted by atomic mass is 9.57. The van der Waals surface area contributed by atoms with E-state index in [4.69, 9.17) is 5.73 Å². The van der Waals surface area contributed by atoms with E-state index in [1.54, 1.807) is 0 Å². The van der Waals surface area contributed by atoms with Crippen molar-refractivity contribution in [3.8, 4) is 5.75 Å². The summed E-state index contributed by atoms with van der Waals surface area (Å²) in [4.78, 5) is 52.8. The number of phenolic OH excluding ortho intramolecular Hbond substituents is 1. The van der Waals surface area contributed by atoms with Gasteiger partial charge in [0.1, 0.15) is 22.9 Å². The highest BCUT2D eigenvalue weighted by molar-refractivity contribution is 6.24. The molecule has 0 saturated heterocycles. The zero-order chi connectivity index (χ0) is 30.4. The number of anilines is 1. The number of primary amides is 1. The number of nitrogens with one attached hydrogen (secondary N) is 2. The van der Waals surface area contributed by atoms with Crippen LogP contribution >= 0.6 is 0 Å². The SMILES string of the molecule is CCCCCNCC(=O)Nc1cc(F)c2c(c1O)C(O)=C1C(=O)[C@]3(O)C(O)=C(C(N)=O)C(=O)[C@@H](N(C)C)[C@@H]3C[C@@H]1C2. The number of hydrogen-bond acceptors (Lipinski definition) is 10. The lowest BCUT2D eigenvalue weighted by molar-refractivity contribution is -0.153. The highest BCUT2D eigenvalue weighted by Gasteiger charge is 2.64. The number of amides is 2. The number of rotatable bonds is 9. The Hall–Kier alpha value is -3.81. The average Bonchev–Trinajstić information content (AvgIpc) is 2.88. The van der Waals surface area contributed by atoms with Crippen LogP contribution in [0.15, 0.2) is 23.0 Å². The molecular formula is C28H35FN4O8. The molecule has 0 spiro atoms. The van der Waals surface area contributed by atoms with Gasteiger partial charge in [0.05, 0.1) is 23.8 Å². The molecule has 0 unspecified atom stereocenters. The number of hydrogen-bond donors (Lipinski definition) is 7. The van der Waals surface area contributed by atoms with Gasteiger partial charge in [0.15, 0.2) is 17.1 Å². The summed E-state index contributed by atoms with van der Waals surface area (Å²) >= 11 is 0. The van der Waals surface area contributed by atoms with Crippen molar-refractivity contribution >= 4 is 34.8 Å². The Bertz CT molecular complexity index is 1390. The number of likely N-dealkylation sites (N-methyl/N-ethyl adjacent to an activating group) is 1. The smallest absolute Gasteiger partial charge is 0.255 e. The molecule has 222 valence electrons. The van der Waals surface area contributed by atoms with Gasteiger partial charge in [-0.3, -0.25) is 24.1 Å². The number of aromatic hydroxyl groups is 1. The van der Waals surface area contributed by atoms with Crippen LogP contribution in [0.1, 0.15) is 43.7 Å². The topological polar surface area (TPSA) is 203 Å². The van der Waals surface area contributed by atoms with Crippen molar-refractivity contribution in [1.29, 1.82) is 0 Å². The average molecular weight is 575 g/mol. The number of aliphatic hydroxyl groups excluding tert-OH is 2. The fraction of sp³-hybridized carbons (Fsp3) is 0.500. The molecule has 0 aromatic heterocycles. The molecule has 0 aliphatic heterocycles. The van der Waals surface area contributed by atoms with E-state index in [0.717, 1.165) is 25.3 Å². The Balaban J connectivity index is 1.76. The molecule has 4 rings (SSSR count). The van der Waals surface area contributed by atoms with Gasteiger partial charge in [-0.15, -0.1) is 0 Å². The lowest BCUT2D eigenvalue weighted by Gasteiger charge is -2.50. The molecule has 2 amide bonds. The van der Waals surface area contributed by atoms with Gasteiger partial charge in [0.25, 0.3) is 5.91 Å². The Morgan fingerprint density at radius 2 is 1.88 bits per heavy atom. The predicted octanol–water partition coefficient (Wildman–Crippen LogP) is 0.821. The van der Waals surface area contributed by atoms with Crippen molar-refractivity contribution in [2.75, 3.05) is 32.5 Å². The van der Waals surface area contributed by atoms with Gasteiger partial charge in [-0.05, 0) is 45.8 Å². The van der Waals surface area contributed by atoms with Crippen LogP contribution in [0.3, 0.4) is 0 Å². The van der Waals surface area contributed by atoms with Crippen LogP contribution in [0.2, 0.25) is 0 Å². The maximum absolute atomic E-state index is 15.4. The van der Waals surface area contributed by atoms with Crippen LogP contribution in [-0.4, -0.2) is 87.5 Å². The maximum atomic E-state index is 15.4. The van der Waals surface area contributed by atoms with E-state index in [0.29, 0.717) is 6.54 Å². The van der Waals surface area contributed by atoms with Gasteiger partial charge >= 0.3 is 0 Å². The zero-order valence-corrected chi connectivity index (χ0v) is 23.1. The minimum absolute atomic E-state index is 0.108. The first-order chi connectivity index (χ1) is 19.3. The molecule has 1 aromatic rings. The monoisotopic (exact) mass is 574 g/mol. The van der Waals surface area contributed by atoms with Gasteiger partial charge in [-0.2, -0.15) is 0 Å². The number of carbonyl (C=O) groups is 4. The maximum Gasteiger partial charge on any atom is 0.255 e. The Morgan fingerprint density at radius 1 is 1.20 bits per heavy atom. The molecular weight excluding hydrogens is 539 g/mol. The van der Waals surface area contributed by atoms with Crippen molar-refractivity contribution in [2.45, 2.75) is 50.7 Å². The lowest BCUT2D eigenvalue weighted by Crippen LogP contribution is -2.65. The van der Waals surface area contributed by atoms with Crippen molar-refractivity contribution in [3.63, 3.8) is 0 Å². The molecule has 3 aliphatic carbocycles. The van der Waals surface area contributed by atoms with E-state index in [9.17, 15) is 39.6 Å². The fourth-order valence-electron chi connectivity index (χ4n) is 6.26. The van der Waals surface area contributed by atoms with Gasteiger partial charge in [-0.25, -0.2) is 4.39 Å². The molecule has 4 atom stereocenters. The Morgan fingerprint density at radius 3 is 2.49 bits per heavy atom. The standard InChI is InChI=1S/C28H35FN4O8/c1-4-5-6-7-31-11-17(34)32-16-10-15(29)13-8-12-9-14-21(33(2)3)24(37)20(27(30)40)26(39)28(14,41)25(38)18(12)23(36)19(13)22(16)35/h10,12,14,21,31,35-36,39,41H,4-9,11H2,1-3H3,(H2,30,40)(H,32,34)/t12-,14-,21-,28-/m0/s1. The number of ketones is 2. The van der Waals surface area contributed by atoms with Crippen molar-refractivity contribution < 1.29 is 44.0 Å². The number of Topliss-reactive ketones (excluding diaryl/α,β-unsaturated/α-hetero) is 2. The summed E-state index contributed by atoms with van der Waals surface area (Å²) in [6.07, 6.45) is 2.50. The van der Waals surface area contributed by atoms with Crippen LogP contribution in [-0.2, 0) is 25.6 Å². The number of unbranched alkanes of at least 4 members (excludes halogenated alkanes) is 2. The number of nitrogens with zero attached hydrogens (tertiary/aromatic N) is 1. The van der Waals surface area contributed by atoms with Gasteiger partial charge in [0, 0.05) is 23.1 Å². The first-order valence-corrected chi connectivity index (χ1v) is 13.5. The molecule has 13 heteroatoms. The fourth-order valence-corrected chi connectivity index (χ4v) is 6.26. The molecule has 1 fully saturated rings. The van der Waals surface area contributed by atoms with E-state index in [2.05, 4.69) is 10.6 Å². The normalized spacial score (nSPS) is 25.7. The molecule has 12 nitrogen and oxygen atoms in total. The molecule has 8 N–H and O–H groups in total. The van der Waals surface area contributed by atoms with Crippen LogP contribution in [0.5, 0.6) is 5.75 Å². The Kier molecular flexibility index (Phi) is 8.25. The quantitative estimate of drug-likeness (QED) is 0.126. The summed E-state index contributed by atoms with van der Waals surface area (Å²) in [5.41, 5.74) is 0.290. The summed E-state index contributed by atoms with van der Waals surface area (Å²) in [6, 6.07) is -0.318. The summed E-state index contributed by atoms with van der Waals surface area (Å²) in [7, 11) is 2.98. The Labute approximate surface area is 235 Å². The summed E-state index contributed by atoms with van der Waals surface area (Å²) in [6.45, 7) is 2.52. The van der Waals surface area contributed by atoms with E-state index < -0.39 is 86.7 Å². The number of nitrogens with two attached hydrogens (primary N) is 1. The number of phenols is 1. The molecule has 3 aliphatic rings. The number of fused-ring (bicyclic) bond motifs is 3. The van der Waals surface area contributed by atoms with Crippen LogP contribution in [0, 0.1) is 17.7 Å². The zero-order valence-electron chi connectivity index (χ0n) is 23.1. The van der Waals surface area contributed by atoms with Crippen molar-refractivity contribution in [1.82, 2.24) is 10.2 Å². The largest absolute Gasteiger partial charge is 0.508 e. The summed E-state index contributed by atoms with van der Waals surface area (Å²) < 4.78 is 15.4. The number of aliphatic hydroxyl groups is 3. The first kappa shape index (κ1) is 30.2. The van der Waals surface area contributed by atoms with Crippen LogP contribution in [0.25, 0.3) is 5.76 Å². The van der Waals surface area contributed by atoms with Crippen LogP contribution in [0.4, 0.5) is 10.1 Å². The molecule has 1 saturated carbocycles. The molecule has 0 heterocycles. The molecule has 1 aromatic carbocycles. The highest BCUT2D eigenvalue weighted by atomic mass is 19.1. The van der Waals surface area contributed by atoms with Gasteiger partial charge in [-0.1, -0.05) is 19.8 Å². The van der Waals surface area contributed by atoms with E-state index >= 15 is 4.39 Å². The minimum atomic E-state index is -2.80. The second-order valence-electron chi connectivity index (χ2n) is 11.0. The minimum Gasteiger partial charge on any atom is -0.508 e. The molecule has 0 bridgehead atoms. The third kappa shape index (κ3) is 4.87. The number of carbonyl (C=O) groups excluding carboxylic acids is 4. The third-order valence-electron chi connectivity index (χ3n) is 8.18. The second kappa shape index (κ2) is 11.2. The summed E-state index contributed by atoms with van der Waals surface area (Å²) in [5.74, 6) is -9.75. The highest BCUT2D eigenvalue weighted by Crippen LogP contribution is 2.53. The third-order valence-corrected chi connectivity index (χ3v) is 8.18. The van der Waals surface area contributed by atoms with Gasteiger partial charge < -0.3 is 36.8 Å². The van der Waals surface area contributed by atoms with E-state index in [1.807, 2.05) is 6.92 Å². The summed E-state index contributed by atoms with van der Waals surface area (Å²) in [5, 5.41) is 50.0. The number of halogens is 1. The molecule has 41 heavy (non-hydrogen) atoms. The predicted molar refractivity (Wildman–Crippen MR) is 145 cm³/mol. The number of benzene rings is 1. The first-order valence-electron chi connectivity index (χ1n) is 13.5. The van der Waals surface area contributed by atoms with E-state index in [-0.39, 0.29) is 30.6 Å². The van der Waals surface area contributed by atoms with Crippen molar-refractivity contribution in [2.24, 2.45) is 17.6 Å². The molecule has 0 radical (unpaired) electrons. The van der Waals surface area contributed by atoms with Crippen molar-refractivity contribution in [3.05, 3.63) is 39.9 Å². The van der Waals surface area contributed by atoms with E-state index in [1.165, 1.54) is 19.0 Å². The van der Waals surface area contributed by atoms with Gasteiger partial charge in [0.2, 0.25) is 11.7 Å².